The molecule has 2 aliphatic rings. The molecule has 3 N–H and O–H groups in total. The Balaban J connectivity index is 1.85. The van der Waals surface area contributed by atoms with E-state index in [1.54, 1.807) is 6.20 Å². The van der Waals surface area contributed by atoms with E-state index in [1.807, 2.05) is 4.68 Å². The molecule has 0 unspecified atom stereocenters. The summed E-state index contributed by atoms with van der Waals surface area (Å²) in [4.78, 5) is 12.1. The predicted octanol–water partition coefficient (Wildman–Crippen LogP) is 1.47. The minimum Gasteiger partial charge on any atom is -0.396 e. The quantitative estimate of drug-likeness (QED) is 0.831. The molecule has 0 aromatic carbocycles. The molecule has 0 radical (unpaired) electrons. The van der Waals surface area contributed by atoms with Gasteiger partial charge in [-0.2, -0.15) is 5.10 Å². The van der Waals surface area contributed by atoms with Crippen LogP contribution in [0.25, 0.3) is 0 Å². The fourth-order valence-electron chi connectivity index (χ4n) is 2.52. The van der Waals surface area contributed by atoms with Crippen LogP contribution in [-0.4, -0.2) is 21.7 Å². The molecule has 0 bridgehead atoms. The number of carbonyl (C=O) groups is 1. The molecule has 1 amide bonds. The van der Waals surface area contributed by atoms with E-state index in [1.165, 1.54) is 12.8 Å². The molecule has 2 fully saturated rings. The molecule has 1 heterocycles. The molecule has 17 heavy (non-hydrogen) atoms. The molecular weight excluding hydrogens is 216 g/mol. The van der Waals surface area contributed by atoms with Crippen LogP contribution in [0.1, 0.15) is 55.1 Å². The van der Waals surface area contributed by atoms with Gasteiger partial charge in [0.05, 0.1) is 17.9 Å². The van der Waals surface area contributed by atoms with Crippen LogP contribution >= 0.6 is 0 Å². The fourth-order valence-corrected chi connectivity index (χ4v) is 2.52. The van der Waals surface area contributed by atoms with Gasteiger partial charge in [-0.05, 0) is 25.7 Å². The minimum absolute atomic E-state index is 0.0607. The maximum atomic E-state index is 12.1. The number of nitrogens with two attached hydrogens (primary N) is 1. The van der Waals surface area contributed by atoms with E-state index in [-0.39, 0.29) is 5.91 Å². The average molecular weight is 234 g/mol. The number of nitrogens with one attached hydrogen (secondary N) is 1. The monoisotopic (exact) mass is 234 g/mol. The van der Waals surface area contributed by atoms with E-state index < -0.39 is 0 Å². The Kier molecular flexibility index (Phi) is 2.53. The summed E-state index contributed by atoms with van der Waals surface area (Å²) in [5.41, 5.74) is 6.92. The van der Waals surface area contributed by atoms with Gasteiger partial charge in [0.25, 0.3) is 5.91 Å². The molecule has 1 aromatic rings. The van der Waals surface area contributed by atoms with E-state index >= 15 is 0 Å². The van der Waals surface area contributed by atoms with Gasteiger partial charge >= 0.3 is 0 Å². The zero-order valence-electron chi connectivity index (χ0n) is 9.85. The van der Waals surface area contributed by atoms with Crippen LogP contribution in [0.3, 0.4) is 0 Å². The lowest BCUT2D eigenvalue weighted by atomic mass is 10.2. The zero-order valence-corrected chi connectivity index (χ0v) is 9.85. The maximum absolute atomic E-state index is 12.1. The second-order valence-electron chi connectivity index (χ2n) is 5.08. The fraction of sp³-hybridized carbons (Fsp3) is 0.667. The lowest BCUT2D eigenvalue weighted by Crippen LogP contribution is -2.29. The van der Waals surface area contributed by atoms with Crippen molar-refractivity contribution < 1.29 is 4.79 Å². The molecule has 0 atom stereocenters. The van der Waals surface area contributed by atoms with Gasteiger partial charge in [0.15, 0.2) is 0 Å². The highest BCUT2D eigenvalue weighted by Crippen LogP contribution is 2.31. The van der Waals surface area contributed by atoms with Crippen molar-refractivity contribution in [2.24, 2.45) is 0 Å². The highest BCUT2D eigenvalue weighted by atomic mass is 16.2. The first-order valence-electron chi connectivity index (χ1n) is 6.39. The maximum Gasteiger partial charge on any atom is 0.271 e. The highest BCUT2D eigenvalue weighted by molar-refractivity contribution is 5.97. The summed E-state index contributed by atoms with van der Waals surface area (Å²) >= 11 is 0. The van der Waals surface area contributed by atoms with Gasteiger partial charge in [0.1, 0.15) is 5.69 Å². The SMILES string of the molecule is Nc1cnn(C2CCCC2)c1C(=O)NC1CC1. The minimum atomic E-state index is -0.0607. The Morgan fingerprint density at radius 1 is 1.35 bits per heavy atom. The Labute approximate surface area is 100 Å². The molecule has 92 valence electrons. The Morgan fingerprint density at radius 3 is 2.71 bits per heavy atom. The van der Waals surface area contributed by atoms with Gasteiger partial charge in [-0.15, -0.1) is 0 Å². The van der Waals surface area contributed by atoms with Crippen LogP contribution in [0.5, 0.6) is 0 Å². The molecule has 5 nitrogen and oxygen atoms in total. The first kappa shape index (κ1) is 10.6. The number of hydrogen-bond acceptors (Lipinski definition) is 3. The van der Waals surface area contributed by atoms with Crippen molar-refractivity contribution in [3.8, 4) is 0 Å². The Morgan fingerprint density at radius 2 is 2.06 bits per heavy atom. The van der Waals surface area contributed by atoms with E-state index in [2.05, 4.69) is 10.4 Å². The van der Waals surface area contributed by atoms with E-state index in [0.717, 1.165) is 25.7 Å². The molecule has 2 saturated carbocycles. The number of amides is 1. The smallest absolute Gasteiger partial charge is 0.271 e. The number of anilines is 1. The topological polar surface area (TPSA) is 72.9 Å². The van der Waals surface area contributed by atoms with Crippen molar-refractivity contribution in [3.63, 3.8) is 0 Å². The average Bonchev–Trinajstić information content (AvgIpc) is 2.82. The first-order valence-corrected chi connectivity index (χ1v) is 6.39. The van der Waals surface area contributed by atoms with E-state index in [4.69, 9.17) is 5.73 Å². The zero-order chi connectivity index (χ0) is 11.8. The molecule has 0 aliphatic heterocycles. The lowest BCUT2D eigenvalue weighted by molar-refractivity contribution is 0.0938. The predicted molar refractivity (Wildman–Crippen MR) is 64.6 cm³/mol. The third kappa shape index (κ3) is 2.01. The van der Waals surface area contributed by atoms with Gasteiger partial charge in [-0.25, -0.2) is 0 Å². The number of carbonyl (C=O) groups excluding carboxylic acids is 1. The Bertz CT molecular complexity index is 430. The molecular formula is C12H18N4O. The second-order valence-corrected chi connectivity index (χ2v) is 5.08. The van der Waals surface area contributed by atoms with E-state index in [9.17, 15) is 4.79 Å². The second kappa shape index (κ2) is 4.05. The summed E-state index contributed by atoms with van der Waals surface area (Å²) in [7, 11) is 0. The van der Waals surface area contributed by atoms with Crippen molar-refractivity contribution in [3.05, 3.63) is 11.9 Å². The standard InChI is InChI=1S/C12H18N4O/c13-10-7-14-16(9-3-1-2-4-9)11(10)12(17)15-8-5-6-8/h7-9H,1-6,13H2,(H,15,17). The summed E-state index contributed by atoms with van der Waals surface area (Å²) in [5.74, 6) is -0.0607. The highest BCUT2D eigenvalue weighted by Gasteiger charge is 2.29. The van der Waals surface area contributed by atoms with Crippen LogP contribution in [0.4, 0.5) is 5.69 Å². The number of aromatic nitrogens is 2. The summed E-state index contributed by atoms with van der Waals surface area (Å²) in [5, 5.41) is 7.26. The number of nitrogens with zero attached hydrogens (tertiary/aromatic N) is 2. The summed E-state index contributed by atoms with van der Waals surface area (Å²) in [6.45, 7) is 0. The van der Waals surface area contributed by atoms with Crippen molar-refractivity contribution in [1.29, 1.82) is 0 Å². The largest absolute Gasteiger partial charge is 0.396 e. The van der Waals surface area contributed by atoms with E-state index in [0.29, 0.717) is 23.5 Å². The van der Waals surface area contributed by atoms with Gasteiger partial charge in [0, 0.05) is 6.04 Å². The van der Waals surface area contributed by atoms with Crippen molar-refractivity contribution >= 4 is 11.6 Å². The summed E-state index contributed by atoms with van der Waals surface area (Å²) in [6.07, 6.45) is 8.41. The number of rotatable bonds is 3. The molecule has 0 saturated heterocycles. The number of hydrogen-bond donors (Lipinski definition) is 2. The summed E-state index contributed by atoms with van der Waals surface area (Å²) < 4.78 is 1.83. The number of nitrogen functional groups attached to an aromatic ring is 1. The molecule has 2 aliphatic carbocycles. The van der Waals surface area contributed by atoms with Gasteiger partial charge in [0.2, 0.25) is 0 Å². The van der Waals surface area contributed by atoms with Crippen LogP contribution in [0, 0.1) is 0 Å². The van der Waals surface area contributed by atoms with Gasteiger partial charge in [-0.1, -0.05) is 12.8 Å². The lowest BCUT2D eigenvalue weighted by Gasteiger charge is -2.14. The molecule has 3 rings (SSSR count). The van der Waals surface area contributed by atoms with Crippen molar-refractivity contribution in [1.82, 2.24) is 15.1 Å². The molecule has 5 heteroatoms. The van der Waals surface area contributed by atoms with Crippen molar-refractivity contribution in [2.45, 2.75) is 50.6 Å². The van der Waals surface area contributed by atoms with Crippen LogP contribution in [-0.2, 0) is 0 Å². The van der Waals surface area contributed by atoms with Crippen LogP contribution < -0.4 is 11.1 Å². The van der Waals surface area contributed by atoms with Gasteiger partial charge in [-0.3, -0.25) is 9.48 Å². The summed E-state index contributed by atoms with van der Waals surface area (Å²) in [6, 6.07) is 0.709. The normalized spacial score (nSPS) is 20.7. The third-order valence-corrected chi connectivity index (χ3v) is 3.62. The first-order chi connectivity index (χ1) is 8.25. The third-order valence-electron chi connectivity index (χ3n) is 3.62. The van der Waals surface area contributed by atoms with Crippen LogP contribution in [0.15, 0.2) is 6.20 Å². The Hall–Kier alpha value is -1.52. The van der Waals surface area contributed by atoms with Crippen LogP contribution in [0.2, 0.25) is 0 Å². The molecule has 0 spiro atoms. The van der Waals surface area contributed by atoms with Gasteiger partial charge < -0.3 is 11.1 Å². The van der Waals surface area contributed by atoms with Crippen molar-refractivity contribution in [2.75, 3.05) is 5.73 Å². The molecule has 1 aromatic heterocycles.